The Kier molecular flexibility index (Phi) is 4.76. The van der Waals surface area contributed by atoms with Crippen LogP contribution < -0.4 is 5.63 Å². The zero-order valence-electron chi connectivity index (χ0n) is 13.4. The molecular formula is C19H15ClO5. The molecule has 1 aromatic heterocycles. The minimum absolute atomic E-state index is 0.0348. The van der Waals surface area contributed by atoms with E-state index in [4.69, 9.17) is 20.8 Å². The van der Waals surface area contributed by atoms with E-state index in [0.29, 0.717) is 21.5 Å². The van der Waals surface area contributed by atoms with Gasteiger partial charge in [-0.05, 0) is 36.8 Å². The molecule has 0 bridgehead atoms. The van der Waals surface area contributed by atoms with E-state index in [9.17, 15) is 14.7 Å². The maximum Gasteiger partial charge on any atom is 0.336 e. The SMILES string of the molecule is Cc1c(O)ccc2c(COC(=O)Cc3ccc(Cl)cc3)cc(=O)oc12. The number of ether oxygens (including phenoxy) is 1. The van der Waals surface area contributed by atoms with Gasteiger partial charge in [0.1, 0.15) is 17.9 Å². The lowest BCUT2D eigenvalue weighted by Gasteiger charge is -2.09. The molecule has 6 heteroatoms. The first-order chi connectivity index (χ1) is 11.9. The summed E-state index contributed by atoms with van der Waals surface area (Å²) in [5.74, 6) is -0.383. The molecule has 0 radical (unpaired) electrons. The van der Waals surface area contributed by atoms with Gasteiger partial charge in [-0.25, -0.2) is 4.79 Å². The van der Waals surface area contributed by atoms with Gasteiger partial charge in [0, 0.05) is 27.6 Å². The van der Waals surface area contributed by atoms with Crippen molar-refractivity contribution >= 4 is 28.5 Å². The van der Waals surface area contributed by atoms with E-state index in [1.165, 1.54) is 12.1 Å². The molecule has 0 aliphatic heterocycles. The van der Waals surface area contributed by atoms with E-state index in [-0.39, 0.29) is 24.4 Å². The van der Waals surface area contributed by atoms with Crippen LogP contribution in [-0.4, -0.2) is 11.1 Å². The third kappa shape index (κ3) is 3.83. The second-order valence-electron chi connectivity index (χ2n) is 5.64. The van der Waals surface area contributed by atoms with E-state index in [0.717, 1.165) is 5.56 Å². The number of benzene rings is 2. The van der Waals surface area contributed by atoms with Gasteiger partial charge >= 0.3 is 11.6 Å². The average molecular weight is 359 g/mol. The quantitative estimate of drug-likeness (QED) is 0.567. The summed E-state index contributed by atoms with van der Waals surface area (Å²) in [6.07, 6.45) is 0.107. The van der Waals surface area contributed by atoms with Crippen LogP contribution in [0.1, 0.15) is 16.7 Å². The van der Waals surface area contributed by atoms with Gasteiger partial charge in [0.05, 0.1) is 6.42 Å². The lowest BCUT2D eigenvalue weighted by molar-refractivity contribution is -0.144. The molecule has 5 nitrogen and oxygen atoms in total. The van der Waals surface area contributed by atoms with Crippen molar-refractivity contribution in [2.24, 2.45) is 0 Å². The normalized spacial score (nSPS) is 10.8. The molecular weight excluding hydrogens is 344 g/mol. The summed E-state index contributed by atoms with van der Waals surface area (Å²) in [4.78, 5) is 23.8. The van der Waals surface area contributed by atoms with Crippen LogP contribution in [0.25, 0.3) is 11.0 Å². The highest BCUT2D eigenvalue weighted by Crippen LogP contribution is 2.27. The third-order valence-electron chi connectivity index (χ3n) is 3.87. The summed E-state index contributed by atoms with van der Waals surface area (Å²) in [5, 5.41) is 11.0. The molecule has 0 aliphatic rings. The van der Waals surface area contributed by atoms with Crippen molar-refractivity contribution in [3.05, 3.63) is 74.6 Å². The summed E-state index contributed by atoms with van der Waals surface area (Å²) < 4.78 is 10.4. The van der Waals surface area contributed by atoms with Gasteiger partial charge in [-0.3, -0.25) is 4.79 Å². The number of hydrogen-bond acceptors (Lipinski definition) is 5. The standard InChI is InChI=1S/C19H15ClO5/c1-11-16(21)7-6-15-13(9-18(23)25-19(11)15)10-24-17(22)8-12-2-4-14(20)5-3-12/h2-7,9,21H,8,10H2,1H3. The smallest absolute Gasteiger partial charge is 0.336 e. The van der Waals surface area contributed by atoms with E-state index in [2.05, 4.69) is 0 Å². The molecule has 0 spiro atoms. The predicted molar refractivity (Wildman–Crippen MR) is 93.8 cm³/mol. The fourth-order valence-electron chi connectivity index (χ4n) is 2.51. The molecule has 128 valence electrons. The van der Waals surface area contributed by atoms with Gasteiger partial charge in [-0.2, -0.15) is 0 Å². The number of aryl methyl sites for hydroxylation is 1. The van der Waals surface area contributed by atoms with Gasteiger partial charge in [0.15, 0.2) is 0 Å². The summed E-state index contributed by atoms with van der Waals surface area (Å²) >= 11 is 5.81. The van der Waals surface area contributed by atoms with Crippen LogP contribution in [0.2, 0.25) is 5.02 Å². The average Bonchev–Trinajstić information content (AvgIpc) is 2.58. The highest BCUT2D eigenvalue weighted by Gasteiger charge is 2.12. The Morgan fingerprint density at radius 2 is 1.92 bits per heavy atom. The fourth-order valence-corrected chi connectivity index (χ4v) is 2.64. The number of halogens is 1. The number of fused-ring (bicyclic) bond motifs is 1. The van der Waals surface area contributed by atoms with Crippen molar-refractivity contribution in [1.82, 2.24) is 0 Å². The minimum atomic E-state index is -0.565. The maximum absolute atomic E-state index is 12.0. The van der Waals surface area contributed by atoms with Gasteiger partial charge < -0.3 is 14.3 Å². The number of rotatable bonds is 4. The number of hydrogen-bond donors (Lipinski definition) is 1. The molecule has 0 saturated carbocycles. The van der Waals surface area contributed by atoms with Crippen LogP contribution in [0.4, 0.5) is 0 Å². The topological polar surface area (TPSA) is 76.7 Å². The van der Waals surface area contributed by atoms with Crippen LogP contribution in [-0.2, 0) is 22.6 Å². The number of phenols is 1. The van der Waals surface area contributed by atoms with Crippen molar-refractivity contribution in [2.45, 2.75) is 20.0 Å². The largest absolute Gasteiger partial charge is 0.508 e. The summed E-state index contributed by atoms with van der Waals surface area (Å²) in [5.41, 5.74) is 1.50. The van der Waals surface area contributed by atoms with E-state index in [1.54, 1.807) is 37.3 Å². The molecule has 3 rings (SSSR count). The van der Waals surface area contributed by atoms with Crippen LogP contribution in [0, 0.1) is 6.92 Å². The van der Waals surface area contributed by atoms with Crippen molar-refractivity contribution < 1.29 is 19.1 Å². The molecule has 0 unspecified atom stereocenters. The minimum Gasteiger partial charge on any atom is -0.508 e. The van der Waals surface area contributed by atoms with E-state index < -0.39 is 11.6 Å². The third-order valence-corrected chi connectivity index (χ3v) is 4.12. The molecule has 0 atom stereocenters. The summed E-state index contributed by atoms with van der Waals surface area (Å²) in [6, 6.07) is 11.3. The summed E-state index contributed by atoms with van der Waals surface area (Å²) in [7, 11) is 0. The lowest BCUT2D eigenvalue weighted by atomic mass is 10.1. The summed E-state index contributed by atoms with van der Waals surface area (Å²) in [6.45, 7) is 1.59. The lowest BCUT2D eigenvalue weighted by Crippen LogP contribution is -2.10. The number of phenolic OH excluding ortho intramolecular Hbond substituents is 1. The fraction of sp³-hybridized carbons (Fsp3) is 0.158. The molecule has 0 aliphatic carbocycles. The van der Waals surface area contributed by atoms with Gasteiger partial charge in [0.2, 0.25) is 0 Å². The Morgan fingerprint density at radius 3 is 2.64 bits per heavy atom. The molecule has 3 aromatic rings. The Balaban J connectivity index is 1.79. The monoisotopic (exact) mass is 358 g/mol. The van der Waals surface area contributed by atoms with Crippen LogP contribution in [0.5, 0.6) is 5.75 Å². The van der Waals surface area contributed by atoms with Crippen molar-refractivity contribution in [2.75, 3.05) is 0 Å². The molecule has 0 fully saturated rings. The second-order valence-corrected chi connectivity index (χ2v) is 6.08. The molecule has 1 N–H and O–H groups in total. The number of esters is 1. The molecule has 0 amide bonds. The van der Waals surface area contributed by atoms with Crippen LogP contribution in [0.3, 0.4) is 0 Å². The molecule has 0 saturated heterocycles. The van der Waals surface area contributed by atoms with Crippen LogP contribution >= 0.6 is 11.6 Å². The van der Waals surface area contributed by atoms with Crippen LogP contribution in [0.15, 0.2) is 51.7 Å². The van der Waals surface area contributed by atoms with Crippen molar-refractivity contribution in [1.29, 1.82) is 0 Å². The number of carbonyl (C=O) groups is 1. The van der Waals surface area contributed by atoms with Gasteiger partial charge in [-0.1, -0.05) is 23.7 Å². The Morgan fingerprint density at radius 1 is 1.20 bits per heavy atom. The molecule has 25 heavy (non-hydrogen) atoms. The first-order valence-electron chi connectivity index (χ1n) is 7.59. The number of carbonyl (C=O) groups excluding carboxylic acids is 1. The van der Waals surface area contributed by atoms with E-state index >= 15 is 0 Å². The number of aromatic hydroxyl groups is 1. The molecule has 1 heterocycles. The maximum atomic E-state index is 12.0. The Bertz CT molecular complexity index is 989. The Labute approximate surface area is 148 Å². The van der Waals surface area contributed by atoms with Crippen molar-refractivity contribution in [3.63, 3.8) is 0 Å². The Hall–Kier alpha value is -2.79. The first-order valence-corrected chi connectivity index (χ1v) is 7.97. The molecule has 2 aromatic carbocycles. The van der Waals surface area contributed by atoms with Gasteiger partial charge in [0.25, 0.3) is 0 Å². The van der Waals surface area contributed by atoms with E-state index in [1.807, 2.05) is 0 Å². The zero-order valence-corrected chi connectivity index (χ0v) is 14.2. The predicted octanol–water partition coefficient (Wildman–Crippen LogP) is 3.75. The highest BCUT2D eigenvalue weighted by molar-refractivity contribution is 6.30. The zero-order chi connectivity index (χ0) is 18.0. The van der Waals surface area contributed by atoms with Gasteiger partial charge in [-0.15, -0.1) is 0 Å². The highest BCUT2D eigenvalue weighted by atomic mass is 35.5. The first kappa shape index (κ1) is 17.0. The van der Waals surface area contributed by atoms with Crippen molar-refractivity contribution in [3.8, 4) is 5.75 Å². The second kappa shape index (κ2) is 6.99.